The molecule has 0 saturated heterocycles. The van der Waals surface area contributed by atoms with Crippen LogP contribution < -0.4 is 15.8 Å². The molecule has 0 radical (unpaired) electrons. The standard InChI is InChI=1S/C16H26N2O2.ClH/c1-12(2)10-11-20-15-7-5-14(6-8-15)18-16(19)9-4-13(3)17;/h5-8,12-13H,4,9-11,17H2,1-3H3,(H,18,19);1H. The van der Waals surface area contributed by atoms with Gasteiger partial charge in [0, 0.05) is 18.2 Å². The number of hydrogen-bond acceptors (Lipinski definition) is 3. The van der Waals surface area contributed by atoms with Crippen molar-refractivity contribution in [2.24, 2.45) is 11.7 Å². The van der Waals surface area contributed by atoms with E-state index in [2.05, 4.69) is 19.2 Å². The predicted molar refractivity (Wildman–Crippen MR) is 90.2 cm³/mol. The van der Waals surface area contributed by atoms with Crippen LogP contribution in [0.5, 0.6) is 5.75 Å². The van der Waals surface area contributed by atoms with E-state index in [9.17, 15) is 4.79 Å². The largest absolute Gasteiger partial charge is 0.494 e. The SMILES string of the molecule is CC(C)CCOc1ccc(NC(=O)CCC(C)N)cc1.Cl. The maximum absolute atomic E-state index is 11.7. The van der Waals surface area contributed by atoms with Crippen LogP contribution in [0.25, 0.3) is 0 Å². The zero-order valence-electron chi connectivity index (χ0n) is 13.1. The maximum atomic E-state index is 11.7. The molecule has 1 amide bonds. The molecule has 0 aliphatic rings. The molecule has 3 N–H and O–H groups in total. The summed E-state index contributed by atoms with van der Waals surface area (Å²) >= 11 is 0. The average Bonchev–Trinajstić information content (AvgIpc) is 2.38. The van der Waals surface area contributed by atoms with Crippen LogP contribution in [0.3, 0.4) is 0 Å². The van der Waals surface area contributed by atoms with Gasteiger partial charge in [0.2, 0.25) is 5.91 Å². The van der Waals surface area contributed by atoms with E-state index in [4.69, 9.17) is 10.5 Å². The number of ether oxygens (including phenoxy) is 1. The Bertz CT molecular complexity index is 405. The van der Waals surface area contributed by atoms with Crippen molar-refractivity contribution in [1.29, 1.82) is 0 Å². The number of amides is 1. The molecule has 0 aliphatic carbocycles. The number of halogens is 1. The number of rotatable bonds is 8. The summed E-state index contributed by atoms with van der Waals surface area (Å²) in [7, 11) is 0. The lowest BCUT2D eigenvalue weighted by Crippen LogP contribution is -2.19. The highest BCUT2D eigenvalue weighted by atomic mass is 35.5. The monoisotopic (exact) mass is 314 g/mol. The second kappa shape index (κ2) is 10.5. The third-order valence-corrected chi connectivity index (χ3v) is 2.93. The van der Waals surface area contributed by atoms with Crippen molar-refractivity contribution in [2.75, 3.05) is 11.9 Å². The Morgan fingerprint density at radius 2 is 1.81 bits per heavy atom. The van der Waals surface area contributed by atoms with Crippen molar-refractivity contribution in [3.8, 4) is 5.75 Å². The summed E-state index contributed by atoms with van der Waals surface area (Å²) in [5.74, 6) is 1.47. The van der Waals surface area contributed by atoms with E-state index in [0.29, 0.717) is 18.8 Å². The van der Waals surface area contributed by atoms with Gasteiger partial charge in [0.1, 0.15) is 5.75 Å². The highest BCUT2D eigenvalue weighted by Gasteiger charge is 2.04. The molecule has 0 saturated carbocycles. The summed E-state index contributed by atoms with van der Waals surface area (Å²) in [6.07, 6.45) is 2.18. The number of carbonyl (C=O) groups is 1. The molecule has 1 aromatic carbocycles. The predicted octanol–water partition coefficient (Wildman–Crippen LogP) is 3.60. The fraction of sp³-hybridized carbons (Fsp3) is 0.562. The number of benzene rings is 1. The molecule has 21 heavy (non-hydrogen) atoms. The Morgan fingerprint density at radius 3 is 2.33 bits per heavy atom. The third kappa shape index (κ3) is 9.32. The van der Waals surface area contributed by atoms with E-state index >= 15 is 0 Å². The topological polar surface area (TPSA) is 64.3 Å². The summed E-state index contributed by atoms with van der Waals surface area (Å²) in [4.78, 5) is 11.7. The fourth-order valence-electron chi connectivity index (χ4n) is 1.63. The van der Waals surface area contributed by atoms with Crippen molar-refractivity contribution in [3.63, 3.8) is 0 Å². The summed E-state index contributed by atoms with van der Waals surface area (Å²) in [5, 5.41) is 2.85. The lowest BCUT2D eigenvalue weighted by Gasteiger charge is -2.10. The number of anilines is 1. The summed E-state index contributed by atoms with van der Waals surface area (Å²) in [6, 6.07) is 7.52. The third-order valence-electron chi connectivity index (χ3n) is 2.93. The normalized spacial score (nSPS) is 11.7. The first kappa shape index (κ1) is 19.7. The highest BCUT2D eigenvalue weighted by Crippen LogP contribution is 2.16. The molecule has 1 aromatic rings. The van der Waals surface area contributed by atoms with E-state index in [-0.39, 0.29) is 24.4 Å². The zero-order chi connectivity index (χ0) is 15.0. The first-order chi connectivity index (χ1) is 9.47. The molecule has 0 aliphatic heterocycles. The van der Waals surface area contributed by atoms with Crippen LogP contribution in [-0.4, -0.2) is 18.6 Å². The zero-order valence-corrected chi connectivity index (χ0v) is 13.9. The first-order valence-corrected chi connectivity index (χ1v) is 7.25. The van der Waals surface area contributed by atoms with Gasteiger partial charge in [-0.2, -0.15) is 0 Å². The van der Waals surface area contributed by atoms with E-state index in [0.717, 1.165) is 24.5 Å². The van der Waals surface area contributed by atoms with Crippen LogP contribution >= 0.6 is 12.4 Å². The molecule has 0 fully saturated rings. The van der Waals surface area contributed by atoms with Gasteiger partial charge in [-0.1, -0.05) is 13.8 Å². The van der Waals surface area contributed by atoms with E-state index in [1.165, 1.54) is 0 Å². The number of carbonyl (C=O) groups excluding carboxylic acids is 1. The summed E-state index contributed by atoms with van der Waals surface area (Å²) < 4.78 is 5.63. The first-order valence-electron chi connectivity index (χ1n) is 7.25. The molecule has 1 unspecified atom stereocenters. The van der Waals surface area contributed by atoms with Crippen LogP contribution in [0.15, 0.2) is 24.3 Å². The van der Waals surface area contributed by atoms with Gasteiger partial charge in [0.15, 0.2) is 0 Å². The van der Waals surface area contributed by atoms with Gasteiger partial charge in [0.05, 0.1) is 6.61 Å². The Kier molecular flexibility index (Phi) is 9.84. The quantitative estimate of drug-likeness (QED) is 0.770. The Labute approximate surface area is 133 Å². The Morgan fingerprint density at radius 1 is 1.19 bits per heavy atom. The number of hydrogen-bond donors (Lipinski definition) is 2. The van der Waals surface area contributed by atoms with E-state index in [1.807, 2.05) is 31.2 Å². The number of nitrogens with two attached hydrogens (primary N) is 1. The van der Waals surface area contributed by atoms with Crippen molar-refractivity contribution >= 4 is 24.0 Å². The molecule has 120 valence electrons. The maximum Gasteiger partial charge on any atom is 0.224 e. The van der Waals surface area contributed by atoms with Crippen LogP contribution in [0.4, 0.5) is 5.69 Å². The van der Waals surface area contributed by atoms with Crippen LogP contribution in [0, 0.1) is 5.92 Å². The minimum absolute atomic E-state index is 0. The van der Waals surface area contributed by atoms with Gasteiger partial charge >= 0.3 is 0 Å². The number of nitrogens with one attached hydrogen (secondary N) is 1. The lowest BCUT2D eigenvalue weighted by molar-refractivity contribution is -0.116. The average molecular weight is 315 g/mol. The second-order valence-electron chi connectivity index (χ2n) is 5.62. The van der Waals surface area contributed by atoms with Crippen molar-refractivity contribution in [2.45, 2.75) is 46.1 Å². The second-order valence-corrected chi connectivity index (χ2v) is 5.62. The van der Waals surface area contributed by atoms with Gasteiger partial charge < -0.3 is 15.8 Å². The van der Waals surface area contributed by atoms with Gasteiger partial charge in [-0.3, -0.25) is 4.79 Å². The van der Waals surface area contributed by atoms with E-state index < -0.39 is 0 Å². The molecular formula is C16H27ClN2O2. The summed E-state index contributed by atoms with van der Waals surface area (Å²) in [6.45, 7) is 6.96. The molecule has 4 nitrogen and oxygen atoms in total. The van der Waals surface area contributed by atoms with Crippen molar-refractivity contribution in [1.82, 2.24) is 0 Å². The molecule has 5 heteroatoms. The van der Waals surface area contributed by atoms with Gasteiger partial charge in [0.25, 0.3) is 0 Å². The molecule has 0 spiro atoms. The molecule has 0 bridgehead atoms. The van der Waals surface area contributed by atoms with Crippen LogP contribution in [-0.2, 0) is 4.79 Å². The Balaban J connectivity index is 0.00000400. The minimum atomic E-state index is -0.00391. The van der Waals surface area contributed by atoms with Crippen LogP contribution in [0.1, 0.15) is 40.0 Å². The molecule has 0 heterocycles. The van der Waals surface area contributed by atoms with Gasteiger partial charge in [-0.05, 0) is 49.9 Å². The Hall–Kier alpha value is -1.26. The minimum Gasteiger partial charge on any atom is -0.494 e. The van der Waals surface area contributed by atoms with Gasteiger partial charge in [-0.15, -0.1) is 12.4 Å². The summed E-state index contributed by atoms with van der Waals surface area (Å²) in [5.41, 5.74) is 6.41. The highest BCUT2D eigenvalue weighted by molar-refractivity contribution is 5.90. The smallest absolute Gasteiger partial charge is 0.224 e. The fourth-order valence-corrected chi connectivity index (χ4v) is 1.63. The molecular weight excluding hydrogens is 288 g/mol. The van der Waals surface area contributed by atoms with Crippen LogP contribution in [0.2, 0.25) is 0 Å². The van der Waals surface area contributed by atoms with Crippen molar-refractivity contribution in [3.05, 3.63) is 24.3 Å². The molecule has 0 aromatic heterocycles. The molecule has 1 rings (SSSR count). The van der Waals surface area contributed by atoms with Gasteiger partial charge in [-0.25, -0.2) is 0 Å². The van der Waals surface area contributed by atoms with E-state index in [1.54, 1.807) is 0 Å². The molecule has 1 atom stereocenters. The van der Waals surface area contributed by atoms with Crippen molar-refractivity contribution < 1.29 is 9.53 Å². The lowest BCUT2D eigenvalue weighted by atomic mass is 10.1.